The van der Waals surface area contributed by atoms with E-state index in [1.807, 2.05) is 0 Å². The molecule has 0 atom stereocenters. The Balaban J connectivity index is 2.67. The molecule has 0 fully saturated rings. The number of esters is 1. The summed E-state index contributed by atoms with van der Waals surface area (Å²) in [5.74, 6) is -1.01. The van der Waals surface area contributed by atoms with Gasteiger partial charge in [-0.05, 0) is 46.2 Å². The van der Waals surface area contributed by atoms with E-state index in [0.717, 1.165) is 6.08 Å². The van der Waals surface area contributed by atoms with E-state index in [4.69, 9.17) is 9.47 Å². The monoisotopic (exact) mass is 396 g/mol. The molecule has 1 aromatic carbocycles. The molecule has 152 valence electrons. The van der Waals surface area contributed by atoms with Crippen molar-refractivity contribution in [2.45, 2.75) is 46.3 Å². The molecular formula is C20H23F3N2O3. The lowest BCUT2D eigenvalue weighted by Gasteiger charge is -2.23. The first-order valence-electron chi connectivity index (χ1n) is 8.69. The highest BCUT2D eigenvalue weighted by Gasteiger charge is 2.38. The Morgan fingerprint density at radius 2 is 1.93 bits per heavy atom. The molecule has 0 aliphatic heterocycles. The minimum absolute atomic E-state index is 0.000193. The molecule has 0 N–H and O–H groups in total. The zero-order chi connectivity index (χ0) is 21.3. The van der Waals surface area contributed by atoms with Crippen molar-refractivity contribution < 1.29 is 27.4 Å². The average molecular weight is 396 g/mol. The summed E-state index contributed by atoms with van der Waals surface area (Å²) in [6, 6.07) is 3.97. The Bertz CT molecular complexity index is 893. The number of ether oxygens (including phenoxy) is 2. The quantitative estimate of drug-likeness (QED) is 0.620. The number of rotatable bonds is 5. The van der Waals surface area contributed by atoms with Gasteiger partial charge in [0.2, 0.25) is 5.88 Å². The van der Waals surface area contributed by atoms with E-state index in [-0.39, 0.29) is 23.7 Å². The van der Waals surface area contributed by atoms with E-state index in [1.165, 1.54) is 22.9 Å². The number of aromatic nitrogens is 2. The van der Waals surface area contributed by atoms with Gasteiger partial charge in [0.25, 0.3) is 0 Å². The van der Waals surface area contributed by atoms with Gasteiger partial charge in [-0.3, -0.25) is 0 Å². The van der Waals surface area contributed by atoms with Crippen molar-refractivity contribution in [1.82, 2.24) is 9.78 Å². The summed E-state index contributed by atoms with van der Waals surface area (Å²) < 4.78 is 53.0. The van der Waals surface area contributed by atoms with Crippen LogP contribution in [-0.2, 0) is 16.5 Å². The number of nitrogens with zero attached hydrogens (tertiary/aromatic N) is 2. The number of carbonyl (C=O) groups excluding carboxylic acids is 1. The molecule has 28 heavy (non-hydrogen) atoms. The zero-order valence-electron chi connectivity index (χ0n) is 16.5. The van der Waals surface area contributed by atoms with Crippen LogP contribution in [0.2, 0.25) is 0 Å². The summed E-state index contributed by atoms with van der Waals surface area (Å²) in [7, 11) is 0. The van der Waals surface area contributed by atoms with Crippen LogP contribution in [0.3, 0.4) is 0 Å². The maximum Gasteiger partial charge on any atom is 0.420 e. The SMILES string of the molecule is C=Cc1cccc(Oc2c(C)c(C(=O)OCC)nn2C(C)(C)C)c1C(F)(F)F. The fourth-order valence-corrected chi connectivity index (χ4v) is 2.66. The van der Waals surface area contributed by atoms with Gasteiger partial charge < -0.3 is 9.47 Å². The number of halogens is 3. The van der Waals surface area contributed by atoms with Gasteiger partial charge in [0, 0.05) is 5.56 Å². The molecule has 0 unspecified atom stereocenters. The van der Waals surface area contributed by atoms with E-state index in [2.05, 4.69) is 11.7 Å². The Hall–Kier alpha value is -2.77. The van der Waals surface area contributed by atoms with E-state index >= 15 is 0 Å². The first-order chi connectivity index (χ1) is 12.9. The van der Waals surface area contributed by atoms with Crippen LogP contribution in [0.25, 0.3) is 6.08 Å². The van der Waals surface area contributed by atoms with Gasteiger partial charge in [-0.2, -0.15) is 18.3 Å². The fourth-order valence-electron chi connectivity index (χ4n) is 2.66. The average Bonchev–Trinajstić information content (AvgIpc) is 2.91. The number of hydrogen-bond acceptors (Lipinski definition) is 4. The molecular weight excluding hydrogens is 373 g/mol. The van der Waals surface area contributed by atoms with Crippen LogP contribution in [0.4, 0.5) is 13.2 Å². The first-order valence-corrected chi connectivity index (χ1v) is 8.69. The maximum atomic E-state index is 13.6. The summed E-state index contributed by atoms with van der Waals surface area (Å²) in [5, 5.41) is 4.25. The van der Waals surface area contributed by atoms with Gasteiger partial charge in [0.15, 0.2) is 5.69 Å². The smallest absolute Gasteiger partial charge is 0.420 e. The molecule has 2 rings (SSSR count). The molecule has 2 aromatic rings. The Morgan fingerprint density at radius 1 is 1.29 bits per heavy atom. The predicted molar refractivity (Wildman–Crippen MR) is 99.5 cm³/mol. The van der Waals surface area contributed by atoms with Crippen LogP contribution < -0.4 is 4.74 Å². The lowest BCUT2D eigenvalue weighted by atomic mass is 10.1. The van der Waals surface area contributed by atoms with E-state index < -0.39 is 29.0 Å². The second-order valence-corrected chi connectivity index (χ2v) is 7.11. The molecule has 0 bridgehead atoms. The van der Waals surface area contributed by atoms with Crippen molar-refractivity contribution in [2.24, 2.45) is 0 Å². The third-order valence-corrected chi connectivity index (χ3v) is 3.94. The number of benzene rings is 1. The van der Waals surface area contributed by atoms with Gasteiger partial charge >= 0.3 is 12.1 Å². The Kier molecular flexibility index (Phi) is 5.91. The second-order valence-electron chi connectivity index (χ2n) is 7.11. The third kappa shape index (κ3) is 4.21. The molecule has 0 radical (unpaired) electrons. The van der Waals surface area contributed by atoms with Crippen molar-refractivity contribution in [3.05, 3.63) is 47.2 Å². The van der Waals surface area contributed by atoms with Crippen LogP contribution >= 0.6 is 0 Å². The molecule has 1 aromatic heterocycles. The van der Waals surface area contributed by atoms with E-state index in [9.17, 15) is 18.0 Å². The van der Waals surface area contributed by atoms with Gasteiger partial charge in [-0.15, -0.1) is 0 Å². The zero-order valence-corrected chi connectivity index (χ0v) is 16.5. The van der Waals surface area contributed by atoms with Gasteiger partial charge in [-0.1, -0.05) is 24.8 Å². The highest BCUT2D eigenvalue weighted by atomic mass is 19.4. The number of alkyl halides is 3. The van der Waals surface area contributed by atoms with Crippen molar-refractivity contribution >= 4 is 12.0 Å². The summed E-state index contributed by atoms with van der Waals surface area (Å²) in [6.45, 7) is 12.2. The van der Waals surface area contributed by atoms with Gasteiger partial charge in [0.1, 0.15) is 11.3 Å². The molecule has 1 heterocycles. The molecule has 0 spiro atoms. The van der Waals surface area contributed by atoms with Crippen molar-refractivity contribution in [1.29, 1.82) is 0 Å². The summed E-state index contributed by atoms with van der Waals surface area (Å²) in [5.41, 5.74) is -1.40. The van der Waals surface area contributed by atoms with Crippen LogP contribution in [0.1, 0.15) is 54.9 Å². The Morgan fingerprint density at radius 3 is 2.43 bits per heavy atom. The van der Waals surface area contributed by atoms with Crippen LogP contribution in [0.15, 0.2) is 24.8 Å². The lowest BCUT2D eigenvalue weighted by Crippen LogP contribution is -2.24. The maximum absolute atomic E-state index is 13.6. The van der Waals surface area contributed by atoms with E-state index in [0.29, 0.717) is 5.56 Å². The standard InChI is InChI=1S/C20H23F3N2O3/c1-7-13-10-9-11-14(15(13)20(21,22)23)28-17-12(3)16(18(26)27-8-2)24-25(17)19(4,5)6/h7,9-11H,1,8H2,2-6H3. The lowest BCUT2D eigenvalue weighted by molar-refractivity contribution is -0.138. The third-order valence-electron chi connectivity index (χ3n) is 3.94. The molecule has 0 aliphatic carbocycles. The highest BCUT2D eigenvalue weighted by molar-refractivity contribution is 5.89. The normalized spacial score (nSPS) is 12.0. The van der Waals surface area contributed by atoms with E-state index in [1.54, 1.807) is 34.6 Å². The molecule has 0 saturated carbocycles. The molecule has 0 saturated heterocycles. The molecule has 0 aliphatic rings. The topological polar surface area (TPSA) is 53.4 Å². The minimum Gasteiger partial charge on any atom is -0.461 e. The first kappa shape index (κ1) is 21.5. The van der Waals surface area contributed by atoms with Crippen LogP contribution in [-0.4, -0.2) is 22.4 Å². The van der Waals surface area contributed by atoms with Gasteiger partial charge in [-0.25, -0.2) is 9.48 Å². The summed E-state index contributed by atoms with van der Waals surface area (Å²) >= 11 is 0. The predicted octanol–water partition coefficient (Wildman–Crippen LogP) is 5.58. The molecule has 0 amide bonds. The second kappa shape index (κ2) is 7.69. The summed E-state index contributed by atoms with van der Waals surface area (Å²) in [6.07, 6.45) is -3.53. The minimum atomic E-state index is -4.65. The Labute approximate surface area is 161 Å². The van der Waals surface area contributed by atoms with Crippen molar-refractivity contribution in [3.63, 3.8) is 0 Å². The molecule has 5 nitrogen and oxygen atoms in total. The van der Waals surface area contributed by atoms with Crippen LogP contribution in [0.5, 0.6) is 11.6 Å². The number of carbonyl (C=O) groups is 1. The number of hydrogen-bond donors (Lipinski definition) is 0. The molecule has 8 heteroatoms. The fraction of sp³-hybridized carbons (Fsp3) is 0.400. The largest absolute Gasteiger partial charge is 0.461 e. The van der Waals surface area contributed by atoms with Crippen molar-refractivity contribution in [2.75, 3.05) is 6.61 Å². The highest BCUT2D eigenvalue weighted by Crippen LogP contribution is 2.42. The summed E-state index contributed by atoms with van der Waals surface area (Å²) in [4.78, 5) is 12.2. The van der Waals surface area contributed by atoms with Crippen molar-refractivity contribution in [3.8, 4) is 11.6 Å². The van der Waals surface area contributed by atoms with Gasteiger partial charge in [0.05, 0.1) is 12.1 Å². The van der Waals surface area contributed by atoms with Crippen LogP contribution in [0, 0.1) is 6.92 Å².